The summed E-state index contributed by atoms with van der Waals surface area (Å²) >= 11 is 3.12. The molecule has 0 fully saturated rings. The maximum Gasteiger partial charge on any atom is 0.573 e. The van der Waals surface area contributed by atoms with Gasteiger partial charge in [-0.15, -0.1) is 26.3 Å². The van der Waals surface area contributed by atoms with Crippen molar-refractivity contribution in [2.75, 3.05) is 0 Å². The van der Waals surface area contributed by atoms with Gasteiger partial charge in [-0.05, 0) is 35.9 Å². The number of alkyl halides is 6. The second-order valence-electron chi connectivity index (χ2n) is 4.82. The highest BCUT2D eigenvalue weighted by molar-refractivity contribution is 9.10. The molecule has 3 nitrogen and oxygen atoms in total. The summed E-state index contributed by atoms with van der Waals surface area (Å²) in [6.45, 7) is 0. The van der Waals surface area contributed by atoms with E-state index in [0.717, 1.165) is 18.2 Å². The second kappa shape index (κ2) is 7.12. The highest BCUT2D eigenvalue weighted by atomic mass is 79.9. The van der Waals surface area contributed by atoms with E-state index >= 15 is 0 Å². The number of nitrogens with two attached hydrogens (primary N) is 1. The van der Waals surface area contributed by atoms with E-state index in [4.69, 9.17) is 5.73 Å². The lowest BCUT2D eigenvalue weighted by atomic mass is 9.98. The van der Waals surface area contributed by atoms with E-state index < -0.39 is 30.3 Å². The fraction of sp³-hybridized carbons (Fsp3) is 0.200. The first-order chi connectivity index (χ1) is 11.4. The zero-order chi connectivity index (χ0) is 18.8. The molecule has 0 aromatic heterocycles. The molecule has 10 heteroatoms. The van der Waals surface area contributed by atoms with Crippen LogP contribution in [0.1, 0.15) is 17.2 Å². The van der Waals surface area contributed by atoms with Gasteiger partial charge in [0.15, 0.2) is 0 Å². The lowest BCUT2D eigenvalue weighted by Crippen LogP contribution is -2.21. The molecule has 0 unspecified atom stereocenters. The Labute approximate surface area is 146 Å². The van der Waals surface area contributed by atoms with Crippen LogP contribution in [-0.2, 0) is 0 Å². The molecular weight excluding hydrogens is 420 g/mol. The molecule has 136 valence electrons. The molecule has 0 saturated heterocycles. The van der Waals surface area contributed by atoms with Crippen LogP contribution in [0.5, 0.6) is 11.5 Å². The Morgan fingerprint density at radius 2 is 1.40 bits per heavy atom. The van der Waals surface area contributed by atoms with Gasteiger partial charge in [-0.2, -0.15) is 0 Å². The van der Waals surface area contributed by atoms with Crippen molar-refractivity contribution in [3.05, 3.63) is 58.1 Å². The number of hydrogen-bond acceptors (Lipinski definition) is 3. The summed E-state index contributed by atoms with van der Waals surface area (Å²) < 4.78 is 82.1. The summed E-state index contributed by atoms with van der Waals surface area (Å²) in [5, 5.41) is 0. The van der Waals surface area contributed by atoms with Crippen LogP contribution in [0.25, 0.3) is 0 Å². The van der Waals surface area contributed by atoms with Crippen molar-refractivity contribution in [1.82, 2.24) is 0 Å². The van der Waals surface area contributed by atoms with Gasteiger partial charge in [0.1, 0.15) is 11.5 Å². The van der Waals surface area contributed by atoms with Gasteiger partial charge >= 0.3 is 12.7 Å². The molecule has 0 heterocycles. The highest BCUT2D eigenvalue weighted by Gasteiger charge is 2.33. The number of ether oxygens (including phenoxy) is 2. The van der Waals surface area contributed by atoms with Crippen molar-refractivity contribution < 1.29 is 35.8 Å². The maximum absolute atomic E-state index is 12.5. The Morgan fingerprint density at radius 1 is 0.840 bits per heavy atom. The van der Waals surface area contributed by atoms with Gasteiger partial charge in [-0.25, -0.2) is 0 Å². The normalized spacial score (nSPS) is 13.4. The molecule has 0 amide bonds. The van der Waals surface area contributed by atoms with Crippen molar-refractivity contribution in [2.45, 2.75) is 18.8 Å². The largest absolute Gasteiger partial charge is 0.573 e. The maximum atomic E-state index is 12.5. The average Bonchev–Trinajstić information content (AvgIpc) is 2.46. The monoisotopic (exact) mass is 429 g/mol. The molecule has 2 aromatic carbocycles. The van der Waals surface area contributed by atoms with Crippen LogP contribution in [0.4, 0.5) is 26.3 Å². The van der Waals surface area contributed by atoms with Gasteiger partial charge in [-0.1, -0.05) is 28.1 Å². The zero-order valence-electron chi connectivity index (χ0n) is 12.2. The molecule has 2 rings (SSSR count). The van der Waals surface area contributed by atoms with Gasteiger partial charge in [0.05, 0.1) is 6.04 Å². The molecule has 1 atom stereocenters. The lowest BCUT2D eigenvalue weighted by molar-refractivity contribution is -0.275. The molecule has 0 aliphatic heterocycles. The third-order valence-corrected chi connectivity index (χ3v) is 3.50. The molecule has 25 heavy (non-hydrogen) atoms. The summed E-state index contributed by atoms with van der Waals surface area (Å²) in [6, 6.07) is 7.20. The molecule has 0 aliphatic rings. The van der Waals surface area contributed by atoms with E-state index in [2.05, 4.69) is 25.4 Å². The molecule has 0 spiro atoms. The van der Waals surface area contributed by atoms with Crippen molar-refractivity contribution in [3.8, 4) is 11.5 Å². The van der Waals surface area contributed by atoms with Crippen molar-refractivity contribution in [1.29, 1.82) is 0 Å². The summed E-state index contributed by atoms with van der Waals surface area (Å²) in [5.74, 6) is -0.969. The third kappa shape index (κ3) is 5.82. The molecule has 2 aromatic rings. The second-order valence-corrected chi connectivity index (χ2v) is 5.74. The number of halogens is 7. The Kier molecular flexibility index (Phi) is 5.52. The highest BCUT2D eigenvalue weighted by Crippen LogP contribution is 2.35. The van der Waals surface area contributed by atoms with Crippen LogP contribution < -0.4 is 15.2 Å². The molecule has 0 radical (unpaired) electrons. The molecule has 0 bridgehead atoms. The fourth-order valence-corrected chi connectivity index (χ4v) is 2.42. The van der Waals surface area contributed by atoms with Crippen LogP contribution in [0.15, 0.2) is 46.9 Å². The average molecular weight is 430 g/mol. The van der Waals surface area contributed by atoms with Gasteiger partial charge in [0, 0.05) is 10.0 Å². The first-order valence-electron chi connectivity index (χ1n) is 6.61. The summed E-state index contributed by atoms with van der Waals surface area (Å²) in [7, 11) is 0. The van der Waals surface area contributed by atoms with Crippen LogP contribution in [-0.4, -0.2) is 12.7 Å². The fourth-order valence-electron chi connectivity index (χ4n) is 2.04. The molecular formula is C15H10BrF6NO2. The van der Waals surface area contributed by atoms with E-state index in [-0.39, 0.29) is 11.1 Å². The van der Waals surface area contributed by atoms with Crippen molar-refractivity contribution >= 4 is 15.9 Å². The van der Waals surface area contributed by atoms with Crippen molar-refractivity contribution in [2.24, 2.45) is 5.73 Å². The minimum Gasteiger partial charge on any atom is -0.406 e. The minimum absolute atomic E-state index is 0.0104. The van der Waals surface area contributed by atoms with E-state index in [1.165, 1.54) is 24.3 Å². The van der Waals surface area contributed by atoms with E-state index in [1.54, 1.807) is 0 Å². The Morgan fingerprint density at radius 3 is 1.92 bits per heavy atom. The minimum atomic E-state index is -4.91. The quantitative estimate of drug-likeness (QED) is 0.671. The summed E-state index contributed by atoms with van der Waals surface area (Å²) in [6.07, 6.45) is -9.76. The smallest absolute Gasteiger partial charge is 0.406 e. The Hall–Kier alpha value is -1.94. The van der Waals surface area contributed by atoms with Crippen molar-refractivity contribution in [3.63, 3.8) is 0 Å². The number of benzene rings is 2. The SMILES string of the molecule is N[C@H](c1ccc(OC(F)(F)F)cc1)c1cc(Br)ccc1OC(F)(F)F. The standard InChI is InChI=1S/C15H10BrF6NO2/c16-9-3-6-12(25-15(20,21)22)11(7-9)13(23)8-1-4-10(5-2-8)24-14(17,18)19/h1-7,13H,23H2/t13-/m1/s1. The Balaban J connectivity index is 2.30. The van der Waals surface area contributed by atoms with Gasteiger partial charge in [-0.3, -0.25) is 0 Å². The molecule has 0 aliphatic carbocycles. The van der Waals surface area contributed by atoms with Gasteiger partial charge in [0.25, 0.3) is 0 Å². The topological polar surface area (TPSA) is 44.5 Å². The van der Waals surface area contributed by atoms with E-state index in [1.807, 2.05) is 0 Å². The predicted octanol–water partition coefficient (Wildman–Crippen LogP) is 5.29. The first kappa shape index (κ1) is 19.4. The summed E-state index contributed by atoms with van der Waals surface area (Å²) in [4.78, 5) is 0. The van der Waals surface area contributed by atoms with Crippen LogP contribution in [0.2, 0.25) is 0 Å². The lowest BCUT2D eigenvalue weighted by Gasteiger charge is -2.19. The zero-order valence-corrected chi connectivity index (χ0v) is 13.7. The van der Waals surface area contributed by atoms with Gasteiger partial charge in [0.2, 0.25) is 0 Å². The van der Waals surface area contributed by atoms with Crippen LogP contribution in [0.3, 0.4) is 0 Å². The predicted molar refractivity (Wildman–Crippen MR) is 80.0 cm³/mol. The van der Waals surface area contributed by atoms with Gasteiger partial charge < -0.3 is 15.2 Å². The van der Waals surface area contributed by atoms with E-state index in [0.29, 0.717) is 4.47 Å². The number of rotatable bonds is 4. The van der Waals surface area contributed by atoms with E-state index in [9.17, 15) is 26.3 Å². The Bertz CT molecular complexity index is 730. The first-order valence-corrected chi connectivity index (χ1v) is 7.40. The molecule has 0 saturated carbocycles. The summed E-state index contributed by atoms with van der Waals surface area (Å²) in [5.41, 5.74) is 6.24. The molecule has 2 N–H and O–H groups in total. The van der Waals surface area contributed by atoms with Crippen LogP contribution >= 0.6 is 15.9 Å². The number of hydrogen-bond donors (Lipinski definition) is 1. The van der Waals surface area contributed by atoms with Crippen LogP contribution in [0, 0.1) is 0 Å². The third-order valence-electron chi connectivity index (χ3n) is 3.01.